The SMILES string of the molecule is CN(N=Cc1cc2c(cc1Cl)OCO2)C1=NS(=O)(=O)c2ccccc21. The molecule has 128 valence electrons. The van der Waals surface area contributed by atoms with Gasteiger partial charge in [-0.15, -0.1) is 4.40 Å². The van der Waals surface area contributed by atoms with Crippen LogP contribution in [0.2, 0.25) is 5.02 Å². The van der Waals surface area contributed by atoms with Gasteiger partial charge in [0.15, 0.2) is 17.3 Å². The van der Waals surface area contributed by atoms with Crippen LogP contribution in [0.15, 0.2) is 50.8 Å². The summed E-state index contributed by atoms with van der Waals surface area (Å²) in [6, 6.07) is 9.99. The van der Waals surface area contributed by atoms with Crippen LogP contribution in [-0.2, 0) is 10.0 Å². The third-order valence-electron chi connectivity index (χ3n) is 3.78. The quantitative estimate of drug-likeness (QED) is 0.593. The molecule has 0 fully saturated rings. The molecule has 0 bridgehead atoms. The second-order valence-electron chi connectivity index (χ2n) is 5.38. The number of hydrogen-bond donors (Lipinski definition) is 0. The highest BCUT2D eigenvalue weighted by molar-refractivity contribution is 7.90. The highest BCUT2D eigenvalue weighted by Gasteiger charge is 2.30. The molecule has 0 aromatic heterocycles. The van der Waals surface area contributed by atoms with Gasteiger partial charge in [0.2, 0.25) is 6.79 Å². The molecular weight excluding hydrogens is 366 g/mol. The Hall–Kier alpha value is -2.58. The fraction of sp³-hybridized carbons (Fsp3) is 0.125. The van der Waals surface area contributed by atoms with Gasteiger partial charge in [0.05, 0.1) is 11.2 Å². The highest BCUT2D eigenvalue weighted by Crippen LogP contribution is 2.36. The van der Waals surface area contributed by atoms with Gasteiger partial charge in [-0.3, -0.25) is 0 Å². The van der Waals surface area contributed by atoms with E-state index in [-0.39, 0.29) is 17.5 Å². The second kappa shape index (κ2) is 5.75. The minimum Gasteiger partial charge on any atom is -0.454 e. The van der Waals surface area contributed by atoms with Crippen LogP contribution in [-0.4, -0.2) is 39.3 Å². The van der Waals surface area contributed by atoms with E-state index in [1.165, 1.54) is 17.3 Å². The van der Waals surface area contributed by atoms with Crippen molar-refractivity contribution in [2.75, 3.05) is 13.8 Å². The number of hydrogen-bond acceptors (Lipinski definition) is 6. The topological polar surface area (TPSA) is 80.6 Å². The molecule has 0 amide bonds. The first-order valence-corrected chi connectivity index (χ1v) is 9.09. The fourth-order valence-electron chi connectivity index (χ4n) is 2.56. The highest BCUT2D eigenvalue weighted by atomic mass is 35.5. The van der Waals surface area contributed by atoms with Crippen molar-refractivity contribution in [3.63, 3.8) is 0 Å². The lowest BCUT2D eigenvalue weighted by Crippen LogP contribution is -2.21. The minimum absolute atomic E-state index is 0.150. The van der Waals surface area contributed by atoms with Crippen LogP contribution in [0.4, 0.5) is 0 Å². The molecule has 0 atom stereocenters. The van der Waals surface area contributed by atoms with Crippen LogP contribution >= 0.6 is 11.6 Å². The average Bonchev–Trinajstić information content (AvgIpc) is 3.14. The largest absolute Gasteiger partial charge is 0.454 e. The Bertz CT molecular complexity index is 1030. The van der Waals surface area contributed by atoms with Gasteiger partial charge in [0, 0.05) is 24.2 Å². The van der Waals surface area contributed by atoms with E-state index in [0.29, 0.717) is 27.6 Å². The molecule has 2 aromatic rings. The van der Waals surface area contributed by atoms with Crippen molar-refractivity contribution < 1.29 is 17.9 Å². The lowest BCUT2D eigenvalue weighted by Gasteiger charge is -2.12. The molecule has 7 nitrogen and oxygen atoms in total. The van der Waals surface area contributed by atoms with E-state index in [0.717, 1.165) is 0 Å². The number of nitrogens with zero attached hydrogens (tertiary/aromatic N) is 3. The Balaban J connectivity index is 1.65. The molecule has 0 spiro atoms. The molecule has 4 rings (SSSR count). The monoisotopic (exact) mass is 377 g/mol. The van der Waals surface area contributed by atoms with E-state index in [9.17, 15) is 8.42 Å². The van der Waals surface area contributed by atoms with Crippen LogP contribution in [0.3, 0.4) is 0 Å². The van der Waals surface area contributed by atoms with Crippen molar-refractivity contribution >= 4 is 33.7 Å². The Morgan fingerprint density at radius 3 is 2.76 bits per heavy atom. The van der Waals surface area contributed by atoms with E-state index in [2.05, 4.69) is 9.50 Å². The van der Waals surface area contributed by atoms with Gasteiger partial charge in [0.25, 0.3) is 10.0 Å². The van der Waals surface area contributed by atoms with E-state index >= 15 is 0 Å². The molecule has 2 aromatic carbocycles. The van der Waals surface area contributed by atoms with E-state index in [1.54, 1.807) is 37.4 Å². The Kier molecular flexibility index (Phi) is 3.66. The first-order chi connectivity index (χ1) is 12.0. The maximum atomic E-state index is 12.1. The van der Waals surface area contributed by atoms with Crippen LogP contribution in [0.1, 0.15) is 11.1 Å². The predicted molar refractivity (Wildman–Crippen MR) is 93.1 cm³/mol. The molecule has 0 radical (unpaired) electrons. The van der Waals surface area contributed by atoms with Gasteiger partial charge in [-0.2, -0.15) is 13.5 Å². The number of halogens is 1. The van der Waals surface area contributed by atoms with E-state index in [1.807, 2.05) is 0 Å². The summed E-state index contributed by atoms with van der Waals surface area (Å²) < 4.78 is 38.6. The predicted octanol–water partition coefficient (Wildman–Crippen LogP) is 2.48. The molecular formula is C16H12ClN3O4S. The summed E-state index contributed by atoms with van der Waals surface area (Å²) in [6.07, 6.45) is 1.51. The zero-order valence-electron chi connectivity index (χ0n) is 13.0. The van der Waals surface area contributed by atoms with Crippen molar-refractivity contribution in [3.05, 3.63) is 52.5 Å². The fourth-order valence-corrected chi connectivity index (χ4v) is 3.99. The Labute approximate surface area is 149 Å². The third kappa shape index (κ3) is 2.73. The average molecular weight is 378 g/mol. The number of sulfonamides is 1. The summed E-state index contributed by atoms with van der Waals surface area (Å²) in [4.78, 5) is 0.174. The van der Waals surface area contributed by atoms with Gasteiger partial charge >= 0.3 is 0 Å². The minimum atomic E-state index is -3.69. The van der Waals surface area contributed by atoms with Crippen LogP contribution < -0.4 is 9.47 Å². The van der Waals surface area contributed by atoms with Crippen molar-refractivity contribution in [2.24, 2.45) is 9.50 Å². The van der Waals surface area contributed by atoms with E-state index in [4.69, 9.17) is 21.1 Å². The molecule has 0 unspecified atom stereocenters. The molecule has 0 saturated heterocycles. The van der Waals surface area contributed by atoms with Gasteiger partial charge < -0.3 is 9.47 Å². The summed E-state index contributed by atoms with van der Waals surface area (Å²) in [6.45, 7) is 0.150. The van der Waals surface area contributed by atoms with Gasteiger partial charge in [-0.25, -0.2) is 5.01 Å². The van der Waals surface area contributed by atoms with Crippen LogP contribution in [0.5, 0.6) is 11.5 Å². The zero-order chi connectivity index (χ0) is 17.6. The zero-order valence-corrected chi connectivity index (χ0v) is 14.6. The number of benzene rings is 2. The lowest BCUT2D eigenvalue weighted by molar-refractivity contribution is 0.174. The molecule has 0 N–H and O–H groups in total. The first kappa shape index (κ1) is 15.9. The molecule has 0 saturated carbocycles. The normalized spacial score (nSPS) is 16.8. The van der Waals surface area contributed by atoms with Crippen molar-refractivity contribution in [1.82, 2.24) is 5.01 Å². The van der Waals surface area contributed by atoms with Crippen molar-refractivity contribution in [2.45, 2.75) is 4.90 Å². The van der Waals surface area contributed by atoms with Gasteiger partial charge in [-0.1, -0.05) is 23.7 Å². The summed E-state index contributed by atoms with van der Waals surface area (Å²) in [7, 11) is -2.07. The molecule has 9 heteroatoms. The third-order valence-corrected chi connectivity index (χ3v) is 5.43. The Morgan fingerprint density at radius 1 is 1.24 bits per heavy atom. The van der Waals surface area contributed by atoms with Gasteiger partial charge in [-0.05, 0) is 18.2 Å². The number of ether oxygens (including phenoxy) is 2. The molecule has 2 aliphatic heterocycles. The molecule has 25 heavy (non-hydrogen) atoms. The maximum absolute atomic E-state index is 12.1. The molecule has 2 aliphatic rings. The summed E-state index contributed by atoms with van der Waals surface area (Å²) in [5, 5.41) is 6.10. The first-order valence-electron chi connectivity index (χ1n) is 7.27. The van der Waals surface area contributed by atoms with Crippen molar-refractivity contribution in [3.8, 4) is 11.5 Å². The Morgan fingerprint density at radius 2 is 1.96 bits per heavy atom. The second-order valence-corrected chi connectivity index (χ2v) is 7.36. The smallest absolute Gasteiger partial charge is 0.285 e. The molecule has 2 heterocycles. The summed E-state index contributed by atoms with van der Waals surface area (Å²) in [5.74, 6) is 1.42. The number of fused-ring (bicyclic) bond motifs is 2. The van der Waals surface area contributed by atoms with E-state index < -0.39 is 10.0 Å². The van der Waals surface area contributed by atoms with Crippen LogP contribution in [0, 0.1) is 0 Å². The number of amidine groups is 1. The van der Waals surface area contributed by atoms with Crippen molar-refractivity contribution in [1.29, 1.82) is 0 Å². The van der Waals surface area contributed by atoms with Crippen LogP contribution in [0.25, 0.3) is 0 Å². The lowest BCUT2D eigenvalue weighted by atomic mass is 10.2. The standard InChI is InChI=1S/C16H12ClN3O4S/c1-20(16-11-4-2-3-5-15(11)25(21,22)19-16)18-8-10-6-13-14(7-12(10)17)24-9-23-13/h2-8H,9H2,1H3. The summed E-state index contributed by atoms with van der Waals surface area (Å²) in [5.41, 5.74) is 1.13. The maximum Gasteiger partial charge on any atom is 0.285 e. The van der Waals surface area contributed by atoms with Gasteiger partial charge in [0.1, 0.15) is 4.90 Å². The molecule has 0 aliphatic carbocycles. The number of rotatable bonds is 2. The summed E-state index contributed by atoms with van der Waals surface area (Å²) >= 11 is 6.21. The number of hydrazone groups is 1.